The van der Waals surface area contributed by atoms with Gasteiger partial charge in [0.1, 0.15) is 11.5 Å². The molecular formula is C25H21N3O6S. The topological polar surface area (TPSA) is 128 Å². The molecule has 2 heterocycles. The second-order valence-corrected chi connectivity index (χ2v) is 8.58. The number of nitrogens with zero attached hydrogens (tertiary/aromatic N) is 2. The van der Waals surface area contributed by atoms with Crippen LogP contribution in [0, 0.1) is 6.92 Å². The van der Waals surface area contributed by atoms with Crippen LogP contribution in [-0.4, -0.2) is 39.3 Å². The van der Waals surface area contributed by atoms with Crippen molar-refractivity contribution < 1.29 is 24.2 Å². The number of anilines is 1. The van der Waals surface area contributed by atoms with E-state index in [1.165, 1.54) is 23.5 Å². The standard InChI is InChI=1S/C25H21N3O6S/c1-3-34-25(33)19-14(2)21(15-9-5-4-6-10-15)35-22(19)26-18(29)13-28-23(30)17-12-8-7-11-16(17)20(27-28)24(31)32/h4-12H,3,13H2,1-2H3,(H,26,29)(H,31,32). The summed E-state index contributed by atoms with van der Waals surface area (Å²) in [5.41, 5.74) is 0.829. The van der Waals surface area contributed by atoms with Gasteiger partial charge in [-0.05, 0) is 31.0 Å². The van der Waals surface area contributed by atoms with Gasteiger partial charge in [0, 0.05) is 10.3 Å². The second kappa shape index (κ2) is 9.90. The summed E-state index contributed by atoms with van der Waals surface area (Å²) in [7, 11) is 0. The number of carbonyl (C=O) groups excluding carboxylic acids is 2. The molecule has 0 unspecified atom stereocenters. The Kier molecular flexibility index (Phi) is 6.74. The van der Waals surface area contributed by atoms with Crippen molar-refractivity contribution in [2.75, 3.05) is 11.9 Å². The molecule has 2 aromatic heterocycles. The third-order valence-electron chi connectivity index (χ3n) is 5.28. The molecule has 0 aliphatic rings. The summed E-state index contributed by atoms with van der Waals surface area (Å²) in [6.07, 6.45) is 0. The monoisotopic (exact) mass is 491 g/mol. The normalized spacial score (nSPS) is 10.8. The molecule has 1 amide bonds. The molecule has 0 aliphatic heterocycles. The highest BCUT2D eigenvalue weighted by atomic mass is 32.1. The predicted octanol–water partition coefficient (Wildman–Crippen LogP) is 3.95. The van der Waals surface area contributed by atoms with Crippen molar-refractivity contribution in [3.63, 3.8) is 0 Å². The highest BCUT2D eigenvalue weighted by Crippen LogP contribution is 2.40. The van der Waals surface area contributed by atoms with Gasteiger partial charge in [-0.3, -0.25) is 9.59 Å². The lowest BCUT2D eigenvalue weighted by molar-refractivity contribution is -0.117. The van der Waals surface area contributed by atoms with Crippen LogP contribution in [0.15, 0.2) is 59.4 Å². The van der Waals surface area contributed by atoms with Crippen LogP contribution in [0.4, 0.5) is 5.00 Å². The van der Waals surface area contributed by atoms with E-state index in [2.05, 4.69) is 10.4 Å². The van der Waals surface area contributed by atoms with E-state index in [0.29, 0.717) is 5.56 Å². The van der Waals surface area contributed by atoms with Crippen molar-refractivity contribution in [2.45, 2.75) is 20.4 Å². The van der Waals surface area contributed by atoms with Gasteiger partial charge in [-0.15, -0.1) is 11.3 Å². The molecule has 0 atom stereocenters. The largest absolute Gasteiger partial charge is 0.476 e. The molecule has 2 N–H and O–H groups in total. The third kappa shape index (κ3) is 4.69. The number of esters is 1. The van der Waals surface area contributed by atoms with E-state index in [1.807, 2.05) is 30.3 Å². The maximum Gasteiger partial charge on any atom is 0.357 e. The van der Waals surface area contributed by atoms with Crippen LogP contribution in [0.2, 0.25) is 0 Å². The fraction of sp³-hybridized carbons (Fsp3) is 0.160. The second-order valence-electron chi connectivity index (χ2n) is 7.56. The quantitative estimate of drug-likeness (QED) is 0.375. The lowest BCUT2D eigenvalue weighted by Crippen LogP contribution is -2.31. The maximum atomic E-state index is 12.9. The van der Waals surface area contributed by atoms with Crippen molar-refractivity contribution in [3.8, 4) is 10.4 Å². The zero-order chi connectivity index (χ0) is 25.1. The Morgan fingerprint density at radius 3 is 2.37 bits per heavy atom. The van der Waals surface area contributed by atoms with Crippen LogP contribution < -0.4 is 10.9 Å². The van der Waals surface area contributed by atoms with E-state index in [4.69, 9.17) is 4.74 Å². The van der Waals surface area contributed by atoms with E-state index < -0.39 is 29.9 Å². The van der Waals surface area contributed by atoms with Gasteiger partial charge >= 0.3 is 11.9 Å². The number of amides is 1. The number of rotatable bonds is 7. The summed E-state index contributed by atoms with van der Waals surface area (Å²) in [5, 5.41) is 16.7. The Morgan fingerprint density at radius 2 is 1.71 bits per heavy atom. The lowest BCUT2D eigenvalue weighted by atomic mass is 10.1. The summed E-state index contributed by atoms with van der Waals surface area (Å²) >= 11 is 1.21. The Bertz CT molecular complexity index is 1510. The number of hydrogen-bond acceptors (Lipinski definition) is 7. The number of ether oxygens (including phenoxy) is 1. The third-order valence-corrected chi connectivity index (χ3v) is 6.54. The van der Waals surface area contributed by atoms with Crippen LogP contribution >= 0.6 is 11.3 Å². The highest BCUT2D eigenvalue weighted by molar-refractivity contribution is 7.20. The predicted molar refractivity (Wildman–Crippen MR) is 132 cm³/mol. The Hall–Kier alpha value is -4.31. The summed E-state index contributed by atoms with van der Waals surface area (Å²) in [5.74, 6) is -2.54. The number of fused-ring (bicyclic) bond motifs is 1. The molecule has 9 nitrogen and oxygen atoms in total. The first-order chi connectivity index (χ1) is 16.8. The number of benzene rings is 2. The molecule has 10 heteroatoms. The lowest BCUT2D eigenvalue weighted by Gasteiger charge is -2.10. The van der Waals surface area contributed by atoms with Crippen molar-refractivity contribution in [2.24, 2.45) is 0 Å². The van der Waals surface area contributed by atoms with Crippen LogP contribution in [0.3, 0.4) is 0 Å². The zero-order valence-corrected chi connectivity index (χ0v) is 19.7. The van der Waals surface area contributed by atoms with Crippen LogP contribution in [-0.2, 0) is 16.1 Å². The number of hydrogen-bond donors (Lipinski definition) is 2. The summed E-state index contributed by atoms with van der Waals surface area (Å²) in [6, 6.07) is 15.6. The summed E-state index contributed by atoms with van der Waals surface area (Å²) in [4.78, 5) is 51.0. The Morgan fingerprint density at radius 1 is 1.06 bits per heavy atom. The molecule has 0 spiro atoms. The molecule has 2 aromatic carbocycles. The van der Waals surface area contributed by atoms with Crippen molar-refractivity contribution in [1.29, 1.82) is 0 Å². The Labute approximate surface area is 203 Å². The van der Waals surface area contributed by atoms with E-state index in [1.54, 1.807) is 26.0 Å². The van der Waals surface area contributed by atoms with Crippen molar-refractivity contribution >= 4 is 45.0 Å². The number of carboxylic acids is 1. The van der Waals surface area contributed by atoms with Crippen LogP contribution in [0.1, 0.15) is 33.3 Å². The number of carbonyl (C=O) groups is 3. The number of aromatic nitrogens is 2. The smallest absolute Gasteiger partial charge is 0.357 e. The highest BCUT2D eigenvalue weighted by Gasteiger charge is 2.25. The van der Waals surface area contributed by atoms with Gasteiger partial charge in [0.05, 0.1) is 17.6 Å². The van der Waals surface area contributed by atoms with E-state index >= 15 is 0 Å². The van der Waals surface area contributed by atoms with Gasteiger partial charge in [0.2, 0.25) is 5.91 Å². The molecule has 0 radical (unpaired) electrons. The van der Waals surface area contributed by atoms with Gasteiger partial charge in [-0.1, -0.05) is 48.5 Å². The first kappa shape index (κ1) is 23.8. The minimum Gasteiger partial charge on any atom is -0.476 e. The maximum absolute atomic E-state index is 12.9. The van der Waals surface area contributed by atoms with Gasteiger partial charge in [-0.25, -0.2) is 14.3 Å². The summed E-state index contributed by atoms with van der Waals surface area (Å²) in [6.45, 7) is 3.09. The number of thiophene rings is 1. The molecule has 4 aromatic rings. The average Bonchev–Trinajstić information content (AvgIpc) is 3.16. The van der Waals surface area contributed by atoms with E-state index in [9.17, 15) is 24.3 Å². The van der Waals surface area contributed by atoms with Gasteiger partial charge in [-0.2, -0.15) is 5.10 Å². The van der Waals surface area contributed by atoms with Gasteiger partial charge < -0.3 is 15.2 Å². The molecule has 0 fully saturated rings. The summed E-state index contributed by atoms with van der Waals surface area (Å²) < 4.78 is 6.00. The fourth-order valence-electron chi connectivity index (χ4n) is 3.72. The molecule has 0 saturated heterocycles. The first-order valence-electron chi connectivity index (χ1n) is 10.7. The van der Waals surface area contributed by atoms with Crippen molar-refractivity contribution in [3.05, 3.63) is 81.8 Å². The SMILES string of the molecule is CCOC(=O)c1c(NC(=O)Cn2nc(C(=O)O)c3ccccc3c2=O)sc(-c2ccccc2)c1C. The van der Waals surface area contributed by atoms with E-state index in [-0.39, 0.29) is 33.6 Å². The number of aromatic carboxylic acids is 1. The fourth-order valence-corrected chi connectivity index (χ4v) is 4.93. The molecular weight excluding hydrogens is 470 g/mol. The van der Waals surface area contributed by atoms with Gasteiger partial charge in [0.15, 0.2) is 5.69 Å². The van der Waals surface area contributed by atoms with Crippen molar-refractivity contribution in [1.82, 2.24) is 9.78 Å². The zero-order valence-electron chi connectivity index (χ0n) is 18.9. The first-order valence-corrected chi connectivity index (χ1v) is 11.5. The number of nitrogens with one attached hydrogen (secondary N) is 1. The molecule has 178 valence electrons. The molecule has 4 rings (SSSR count). The van der Waals surface area contributed by atoms with Crippen LogP contribution in [0.5, 0.6) is 0 Å². The molecule has 0 bridgehead atoms. The Balaban J connectivity index is 1.71. The molecule has 0 aliphatic carbocycles. The van der Waals surface area contributed by atoms with Crippen LogP contribution in [0.25, 0.3) is 21.2 Å². The minimum atomic E-state index is -1.32. The van der Waals surface area contributed by atoms with E-state index in [0.717, 1.165) is 15.1 Å². The number of carboxylic acid groups (broad SMARTS) is 1. The van der Waals surface area contributed by atoms with Gasteiger partial charge in [0.25, 0.3) is 5.56 Å². The minimum absolute atomic E-state index is 0.137. The molecule has 0 saturated carbocycles. The average molecular weight is 492 g/mol. The molecule has 35 heavy (non-hydrogen) atoms.